The molecule has 0 aliphatic carbocycles. The molecule has 0 amide bonds. The van der Waals surface area contributed by atoms with Crippen molar-refractivity contribution < 1.29 is 4.74 Å². The second-order valence-electron chi connectivity index (χ2n) is 6.11. The maximum Gasteiger partial charge on any atom is 0.0591 e. The van der Waals surface area contributed by atoms with Crippen LogP contribution >= 0.6 is 0 Å². The third-order valence-corrected chi connectivity index (χ3v) is 3.00. The zero-order chi connectivity index (χ0) is 14.1. The molecule has 0 spiro atoms. The number of hydrogen-bond acceptors (Lipinski definition) is 2. The van der Waals surface area contributed by atoms with Crippen LogP contribution in [0.3, 0.4) is 0 Å². The third-order valence-electron chi connectivity index (χ3n) is 3.00. The number of aryl methyl sites for hydroxylation is 1. The fourth-order valence-corrected chi connectivity index (χ4v) is 1.95. The SMILES string of the molecule is CCCc1ccc(CCOCCNC(C)(C)C)cc1. The fraction of sp³-hybridized carbons (Fsp3) is 0.647. The van der Waals surface area contributed by atoms with E-state index in [9.17, 15) is 0 Å². The molecule has 0 atom stereocenters. The Hall–Kier alpha value is -0.860. The highest BCUT2D eigenvalue weighted by molar-refractivity contribution is 5.22. The van der Waals surface area contributed by atoms with Crippen LogP contribution in [-0.2, 0) is 17.6 Å². The second-order valence-corrected chi connectivity index (χ2v) is 6.11. The number of rotatable bonds is 8. The van der Waals surface area contributed by atoms with Crippen molar-refractivity contribution >= 4 is 0 Å². The molecular formula is C17H29NO. The summed E-state index contributed by atoms with van der Waals surface area (Å²) in [5, 5.41) is 3.42. The molecule has 0 aliphatic rings. The van der Waals surface area contributed by atoms with E-state index in [0.29, 0.717) is 0 Å². The summed E-state index contributed by atoms with van der Waals surface area (Å²) >= 11 is 0. The monoisotopic (exact) mass is 263 g/mol. The van der Waals surface area contributed by atoms with Gasteiger partial charge in [0, 0.05) is 12.1 Å². The Kier molecular flexibility index (Phi) is 7.11. The maximum absolute atomic E-state index is 5.65. The molecule has 0 fully saturated rings. The Morgan fingerprint density at radius 2 is 1.53 bits per heavy atom. The van der Waals surface area contributed by atoms with Crippen LogP contribution in [-0.4, -0.2) is 25.3 Å². The van der Waals surface area contributed by atoms with E-state index in [1.54, 1.807) is 0 Å². The quantitative estimate of drug-likeness (QED) is 0.724. The van der Waals surface area contributed by atoms with Gasteiger partial charge < -0.3 is 10.1 Å². The Balaban J connectivity index is 2.12. The van der Waals surface area contributed by atoms with Gasteiger partial charge in [0.2, 0.25) is 0 Å². The highest BCUT2D eigenvalue weighted by atomic mass is 16.5. The van der Waals surface area contributed by atoms with E-state index in [-0.39, 0.29) is 5.54 Å². The van der Waals surface area contributed by atoms with Crippen molar-refractivity contribution in [2.75, 3.05) is 19.8 Å². The molecule has 108 valence electrons. The van der Waals surface area contributed by atoms with Gasteiger partial charge in [-0.3, -0.25) is 0 Å². The first-order valence-electron chi connectivity index (χ1n) is 7.42. The Morgan fingerprint density at radius 1 is 0.947 bits per heavy atom. The van der Waals surface area contributed by atoms with Gasteiger partial charge in [0.15, 0.2) is 0 Å². The van der Waals surface area contributed by atoms with Crippen molar-refractivity contribution in [3.63, 3.8) is 0 Å². The minimum atomic E-state index is 0.179. The molecular weight excluding hydrogens is 234 g/mol. The standard InChI is InChI=1S/C17H29NO/c1-5-6-15-7-9-16(10-8-15)11-13-19-14-12-18-17(2,3)4/h7-10,18H,5-6,11-14H2,1-4H3. The summed E-state index contributed by atoms with van der Waals surface area (Å²) in [6.45, 7) is 11.2. The number of benzene rings is 1. The molecule has 1 aromatic carbocycles. The van der Waals surface area contributed by atoms with Crippen LogP contribution in [0.1, 0.15) is 45.2 Å². The summed E-state index contributed by atoms with van der Waals surface area (Å²) in [5.41, 5.74) is 2.98. The van der Waals surface area contributed by atoms with Crippen LogP contribution in [0.4, 0.5) is 0 Å². The van der Waals surface area contributed by atoms with E-state index >= 15 is 0 Å². The van der Waals surface area contributed by atoms with Crippen LogP contribution < -0.4 is 5.32 Å². The zero-order valence-electron chi connectivity index (χ0n) is 13.0. The molecule has 1 N–H and O–H groups in total. The predicted octanol–water partition coefficient (Wildman–Crippen LogP) is 3.59. The minimum Gasteiger partial charge on any atom is -0.380 e. The van der Waals surface area contributed by atoms with Crippen molar-refractivity contribution in [2.24, 2.45) is 0 Å². The van der Waals surface area contributed by atoms with E-state index in [1.165, 1.54) is 24.0 Å². The topological polar surface area (TPSA) is 21.3 Å². The van der Waals surface area contributed by atoms with Crippen LogP contribution in [0.25, 0.3) is 0 Å². The summed E-state index contributed by atoms with van der Waals surface area (Å²) in [5.74, 6) is 0. The Labute approximate surface area is 118 Å². The predicted molar refractivity (Wildman–Crippen MR) is 82.7 cm³/mol. The molecule has 0 heterocycles. The van der Waals surface area contributed by atoms with Gasteiger partial charge in [-0.1, -0.05) is 37.6 Å². The van der Waals surface area contributed by atoms with Gasteiger partial charge in [-0.2, -0.15) is 0 Å². The minimum absolute atomic E-state index is 0.179. The maximum atomic E-state index is 5.65. The van der Waals surface area contributed by atoms with Gasteiger partial charge in [-0.05, 0) is 44.7 Å². The molecule has 2 nitrogen and oxygen atoms in total. The lowest BCUT2D eigenvalue weighted by Crippen LogP contribution is -2.38. The molecule has 0 saturated carbocycles. The molecule has 1 aromatic rings. The van der Waals surface area contributed by atoms with E-state index < -0.39 is 0 Å². The van der Waals surface area contributed by atoms with E-state index in [0.717, 1.165) is 26.2 Å². The molecule has 0 saturated heterocycles. The van der Waals surface area contributed by atoms with Crippen molar-refractivity contribution in [3.8, 4) is 0 Å². The summed E-state index contributed by atoms with van der Waals surface area (Å²) in [7, 11) is 0. The first kappa shape index (κ1) is 16.2. The highest BCUT2D eigenvalue weighted by Crippen LogP contribution is 2.07. The van der Waals surface area contributed by atoms with Crippen molar-refractivity contribution in [1.82, 2.24) is 5.32 Å². The summed E-state index contributed by atoms with van der Waals surface area (Å²) in [4.78, 5) is 0. The van der Waals surface area contributed by atoms with Crippen LogP contribution in [0, 0.1) is 0 Å². The second kappa shape index (κ2) is 8.34. The van der Waals surface area contributed by atoms with Gasteiger partial charge in [0.05, 0.1) is 13.2 Å². The summed E-state index contributed by atoms with van der Waals surface area (Å²) < 4.78 is 5.65. The normalized spacial score (nSPS) is 11.8. The lowest BCUT2D eigenvalue weighted by atomic mass is 10.1. The molecule has 0 bridgehead atoms. The average Bonchev–Trinajstić information content (AvgIpc) is 2.35. The fourth-order valence-electron chi connectivity index (χ4n) is 1.95. The molecule has 0 unspecified atom stereocenters. The van der Waals surface area contributed by atoms with Gasteiger partial charge in [0.1, 0.15) is 0 Å². The summed E-state index contributed by atoms with van der Waals surface area (Å²) in [6.07, 6.45) is 3.39. The van der Waals surface area contributed by atoms with Crippen molar-refractivity contribution in [1.29, 1.82) is 0 Å². The number of hydrogen-bond donors (Lipinski definition) is 1. The van der Waals surface area contributed by atoms with Crippen molar-refractivity contribution in [2.45, 2.75) is 52.5 Å². The smallest absolute Gasteiger partial charge is 0.0591 e. The van der Waals surface area contributed by atoms with Gasteiger partial charge in [-0.15, -0.1) is 0 Å². The highest BCUT2D eigenvalue weighted by Gasteiger charge is 2.06. The van der Waals surface area contributed by atoms with Gasteiger partial charge >= 0.3 is 0 Å². The van der Waals surface area contributed by atoms with Crippen LogP contribution in [0.15, 0.2) is 24.3 Å². The largest absolute Gasteiger partial charge is 0.380 e. The number of ether oxygens (including phenoxy) is 1. The first-order chi connectivity index (χ1) is 9.01. The Morgan fingerprint density at radius 3 is 2.05 bits per heavy atom. The number of nitrogens with one attached hydrogen (secondary N) is 1. The Bertz CT molecular complexity index is 337. The molecule has 0 radical (unpaired) electrons. The van der Waals surface area contributed by atoms with E-state index in [2.05, 4.69) is 57.3 Å². The van der Waals surface area contributed by atoms with Crippen LogP contribution in [0.5, 0.6) is 0 Å². The zero-order valence-corrected chi connectivity index (χ0v) is 13.0. The van der Waals surface area contributed by atoms with E-state index in [1.807, 2.05) is 0 Å². The van der Waals surface area contributed by atoms with Gasteiger partial charge in [-0.25, -0.2) is 0 Å². The third kappa shape index (κ3) is 8.02. The molecule has 0 aliphatic heterocycles. The molecule has 19 heavy (non-hydrogen) atoms. The lowest BCUT2D eigenvalue weighted by molar-refractivity contribution is 0.133. The molecule has 1 rings (SSSR count). The lowest BCUT2D eigenvalue weighted by Gasteiger charge is -2.20. The van der Waals surface area contributed by atoms with E-state index in [4.69, 9.17) is 4.74 Å². The van der Waals surface area contributed by atoms with Crippen LogP contribution in [0.2, 0.25) is 0 Å². The van der Waals surface area contributed by atoms with Crippen molar-refractivity contribution in [3.05, 3.63) is 35.4 Å². The molecule has 0 aromatic heterocycles. The first-order valence-corrected chi connectivity index (χ1v) is 7.42. The average molecular weight is 263 g/mol. The summed E-state index contributed by atoms with van der Waals surface area (Å²) in [6, 6.07) is 8.92. The molecule has 2 heteroatoms. The van der Waals surface area contributed by atoms with Gasteiger partial charge in [0.25, 0.3) is 0 Å².